The molecule has 0 aromatic rings. The van der Waals surface area contributed by atoms with Crippen molar-refractivity contribution < 1.29 is 22.7 Å². The van der Waals surface area contributed by atoms with Gasteiger partial charge in [-0.05, 0) is 26.3 Å². The van der Waals surface area contributed by atoms with Crippen molar-refractivity contribution in [1.82, 2.24) is 31.5 Å². The number of alkyl halides is 3. The summed E-state index contributed by atoms with van der Waals surface area (Å²) in [7, 11) is 1.90. The van der Waals surface area contributed by atoms with E-state index in [1.165, 1.54) is 0 Å². The number of allylic oxidation sites excluding steroid dienone is 1. The maximum Gasteiger partial charge on any atom is 0.421 e. The average molecular weight is 462 g/mol. The van der Waals surface area contributed by atoms with Crippen molar-refractivity contribution in [3.63, 3.8) is 0 Å². The van der Waals surface area contributed by atoms with Crippen molar-refractivity contribution >= 4 is 12.1 Å². The maximum atomic E-state index is 13.4. The highest BCUT2D eigenvalue weighted by Gasteiger charge is 2.39. The lowest BCUT2D eigenvalue weighted by molar-refractivity contribution is -0.130. The van der Waals surface area contributed by atoms with Gasteiger partial charge >= 0.3 is 6.18 Å². The highest BCUT2D eigenvalue weighted by atomic mass is 19.4. The number of amides is 1. The molecule has 0 radical (unpaired) electrons. The van der Waals surface area contributed by atoms with Crippen LogP contribution in [0, 0.1) is 0 Å². The molecule has 0 bridgehead atoms. The summed E-state index contributed by atoms with van der Waals surface area (Å²) >= 11 is 0. The van der Waals surface area contributed by atoms with Gasteiger partial charge in [0, 0.05) is 51.0 Å². The molecule has 1 saturated heterocycles. The van der Waals surface area contributed by atoms with E-state index in [1.807, 2.05) is 7.05 Å². The van der Waals surface area contributed by atoms with Crippen LogP contribution in [0.4, 0.5) is 13.2 Å². The highest BCUT2D eigenvalue weighted by Crippen LogP contribution is 2.28. The van der Waals surface area contributed by atoms with Gasteiger partial charge in [-0.25, -0.2) is 0 Å². The van der Waals surface area contributed by atoms with E-state index in [9.17, 15) is 18.0 Å². The number of carbonyl (C=O) groups is 1. The van der Waals surface area contributed by atoms with Gasteiger partial charge in [0.05, 0.1) is 19.6 Å². The Hall–Kier alpha value is -1.89. The second-order valence-corrected chi connectivity index (χ2v) is 8.22. The minimum Gasteiger partial charge on any atom is -0.379 e. The lowest BCUT2D eigenvalue weighted by Crippen LogP contribution is -2.58. The molecule has 1 aliphatic carbocycles. The number of ether oxygens (including phenoxy) is 1. The Labute approximate surface area is 186 Å². The monoisotopic (exact) mass is 461 g/mol. The first kappa shape index (κ1) is 24.7. The Morgan fingerprint density at radius 3 is 2.78 bits per heavy atom. The standard InChI is InChI=1S/C20H34F3N7O2/c1-24-5-6-25-14-11-15(12-14)28-19-27-13-16(20(21,22)23)18(29-19)26-4-2-7-30-8-10-32-9-3-17(30)31/h13-15,19,24-26,28-29H,2-12H2,1H3. The van der Waals surface area contributed by atoms with Crippen LogP contribution >= 0.6 is 0 Å². The van der Waals surface area contributed by atoms with Gasteiger partial charge in [0.15, 0.2) is 6.29 Å². The van der Waals surface area contributed by atoms with Crippen molar-refractivity contribution in [2.75, 3.05) is 53.0 Å². The number of hydrogen-bond donors (Lipinski definition) is 5. The van der Waals surface area contributed by atoms with Crippen LogP contribution in [0.5, 0.6) is 0 Å². The van der Waals surface area contributed by atoms with E-state index in [2.05, 4.69) is 31.6 Å². The van der Waals surface area contributed by atoms with Crippen LogP contribution in [-0.4, -0.2) is 94.6 Å². The maximum absolute atomic E-state index is 13.4. The normalized spacial score (nSPS) is 26.6. The summed E-state index contributed by atoms with van der Waals surface area (Å²) in [6.45, 7) is 3.97. The molecule has 3 rings (SSSR count). The summed E-state index contributed by atoms with van der Waals surface area (Å²) in [5, 5.41) is 15.5. The molecule has 2 heterocycles. The zero-order valence-electron chi connectivity index (χ0n) is 18.4. The van der Waals surface area contributed by atoms with E-state index < -0.39 is 18.0 Å². The molecule has 0 spiro atoms. The van der Waals surface area contributed by atoms with E-state index in [4.69, 9.17) is 4.74 Å². The fourth-order valence-corrected chi connectivity index (χ4v) is 3.90. The van der Waals surface area contributed by atoms with Crippen molar-refractivity contribution in [2.24, 2.45) is 4.99 Å². The molecule has 32 heavy (non-hydrogen) atoms. The molecule has 2 aliphatic heterocycles. The SMILES string of the molecule is CNCCNC1CC(NC2N=CC(C(F)(F)F)=C(NCCCN3CCOCCC3=O)N2)C1. The smallest absolute Gasteiger partial charge is 0.379 e. The molecular weight excluding hydrogens is 427 g/mol. The Bertz CT molecular complexity index is 681. The summed E-state index contributed by atoms with van der Waals surface area (Å²) in [5.41, 5.74) is -0.824. The molecule has 1 saturated carbocycles. The van der Waals surface area contributed by atoms with Gasteiger partial charge in [0.2, 0.25) is 5.91 Å². The lowest BCUT2D eigenvalue weighted by Gasteiger charge is -2.39. The van der Waals surface area contributed by atoms with Gasteiger partial charge in [-0.15, -0.1) is 0 Å². The molecule has 1 atom stereocenters. The number of hydrogen-bond acceptors (Lipinski definition) is 8. The molecule has 0 aromatic heterocycles. The second kappa shape index (κ2) is 11.8. The number of halogens is 3. The Morgan fingerprint density at radius 1 is 1.22 bits per heavy atom. The number of aliphatic imine (C=N–C) groups is 1. The summed E-state index contributed by atoms with van der Waals surface area (Å²) in [6.07, 6.45) is -1.56. The van der Waals surface area contributed by atoms with Crippen molar-refractivity contribution in [1.29, 1.82) is 0 Å². The van der Waals surface area contributed by atoms with Crippen LogP contribution in [0.2, 0.25) is 0 Å². The molecule has 9 nitrogen and oxygen atoms in total. The number of nitrogens with zero attached hydrogens (tertiary/aromatic N) is 2. The molecule has 5 N–H and O–H groups in total. The minimum atomic E-state index is -4.51. The van der Waals surface area contributed by atoms with Gasteiger partial charge in [-0.3, -0.25) is 15.1 Å². The molecule has 12 heteroatoms. The van der Waals surface area contributed by atoms with Crippen molar-refractivity contribution in [3.05, 3.63) is 11.4 Å². The van der Waals surface area contributed by atoms with Gasteiger partial charge in [-0.2, -0.15) is 13.2 Å². The molecule has 1 unspecified atom stereocenters. The van der Waals surface area contributed by atoms with Crippen LogP contribution in [0.25, 0.3) is 0 Å². The molecule has 0 aromatic carbocycles. The third-order valence-electron chi connectivity index (χ3n) is 5.77. The first-order valence-corrected chi connectivity index (χ1v) is 11.2. The Balaban J connectivity index is 1.45. The second-order valence-electron chi connectivity index (χ2n) is 8.22. The number of carbonyl (C=O) groups excluding carboxylic acids is 1. The van der Waals surface area contributed by atoms with Gasteiger partial charge < -0.3 is 30.9 Å². The van der Waals surface area contributed by atoms with Crippen LogP contribution in [0.15, 0.2) is 16.4 Å². The van der Waals surface area contributed by atoms with Crippen molar-refractivity contribution in [3.8, 4) is 0 Å². The van der Waals surface area contributed by atoms with Gasteiger partial charge in [-0.1, -0.05) is 0 Å². The third-order valence-corrected chi connectivity index (χ3v) is 5.77. The topological polar surface area (TPSA) is 102 Å². The fourth-order valence-electron chi connectivity index (χ4n) is 3.90. The number of rotatable bonds is 11. The zero-order chi connectivity index (χ0) is 23.0. The van der Waals surface area contributed by atoms with E-state index in [-0.39, 0.29) is 17.8 Å². The molecule has 3 aliphatic rings. The van der Waals surface area contributed by atoms with Crippen LogP contribution in [0.3, 0.4) is 0 Å². The predicted octanol–water partition coefficient (Wildman–Crippen LogP) is -0.124. The summed E-state index contributed by atoms with van der Waals surface area (Å²) in [5.74, 6) is -0.0670. The first-order valence-electron chi connectivity index (χ1n) is 11.2. The first-order chi connectivity index (χ1) is 15.4. The quantitative estimate of drug-likeness (QED) is 0.274. The Kier molecular flexibility index (Phi) is 9.14. The van der Waals surface area contributed by atoms with E-state index in [0.717, 1.165) is 32.1 Å². The Morgan fingerprint density at radius 2 is 2.03 bits per heavy atom. The summed E-state index contributed by atoms with van der Waals surface area (Å²) in [6, 6.07) is 0.612. The predicted molar refractivity (Wildman–Crippen MR) is 115 cm³/mol. The van der Waals surface area contributed by atoms with E-state index in [0.29, 0.717) is 51.7 Å². The molecule has 2 fully saturated rings. The summed E-state index contributed by atoms with van der Waals surface area (Å²) in [4.78, 5) is 17.7. The van der Waals surface area contributed by atoms with Crippen LogP contribution < -0.4 is 26.6 Å². The molecule has 182 valence electrons. The van der Waals surface area contributed by atoms with Crippen LogP contribution in [-0.2, 0) is 9.53 Å². The van der Waals surface area contributed by atoms with E-state index >= 15 is 0 Å². The lowest BCUT2D eigenvalue weighted by atomic mass is 9.86. The minimum absolute atomic E-state index is 0.0177. The number of likely N-dealkylation sites (N-methyl/N-ethyl adjacent to an activating group) is 1. The van der Waals surface area contributed by atoms with Gasteiger partial charge in [0.1, 0.15) is 11.4 Å². The molecular formula is C20H34F3N7O2. The van der Waals surface area contributed by atoms with Gasteiger partial charge in [0.25, 0.3) is 0 Å². The van der Waals surface area contributed by atoms with Crippen LogP contribution in [0.1, 0.15) is 25.7 Å². The fraction of sp³-hybridized carbons (Fsp3) is 0.800. The highest BCUT2D eigenvalue weighted by molar-refractivity contribution is 5.82. The zero-order valence-corrected chi connectivity index (χ0v) is 18.4. The van der Waals surface area contributed by atoms with E-state index in [1.54, 1.807) is 4.90 Å². The molecule has 1 amide bonds. The number of nitrogens with one attached hydrogen (secondary N) is 5. The third kappa shape index (κ3) is 7.32. The average Bonchev–Trinajstić information content (AvgIpc) is 2.92. The summed E-state index contributed by atoms with van der Waals surface area (Å²) < 4.78 is 45.6. The largest absolute Gasteiger partial charge is 0.421 e. The van der Waals surface area contributed by atoms with Crippen molar-refractivity contribution in [2.45, 2.75) is 50.2 Å².